The van der Waals surface area contributed by atoms with Gasteiger partial charge in [-0.3, -0.25) is 0 Å². The van der Waals surface area contributed by atoms with Gasteiger partial charge < -0.3 is 27.1 Å². The molecule has 0 bridgehead atoms. The van der Waals surface area contributed by atoms with Gasteiger partial charge in [0.15, 0.2) is 0 Å². The Morgan fingerprint density at radius 3 is 0.778 bits per heavy atom. The van der Waals surface area contributed by atoms with E-state index in [-0.39, 0.29) is 25.6 Å². The number of hydrogen-bond acceptors (Lipinski definition) is 2. The summed E-state index contributed by atoms with van der Waals surface area (Å²) in [6.07, 6.45) is 33.2. The highest BCUT2D eigenvalue weighted by atomic mass is 35.5. The molecule has 0 aliphatic heterocycles. The lowest BCUT2D eigenvalue weighted by atomic mass is 10.0. The lowest BCUT2D eigenvalue weighted by Gasteiger charge is -2.38. The molecule has 0 atom stereocenters. The van der Waals surface area contributed by atoms with Crippen molar-refractivity contribution in [2.45, 2.75) is 168 Å². The fourth-order valence-corrected chi connectivity index (χ4v) is 5.67. The van der Waals surface area contributed by atoms with Gasteiger partial charge in [-0.25, -0.2) is 0 Å². The van der Waals surface area contributed by atoms with E-state index >= 15 is 0 Å². The molecule has 0 aromatic heterocycles. The molecule has 3 nitrogen and oxygen atoms in total. The third-order valence-electron chi connectivity index (χ3n) is 8.12. The summed E-state index contributed by atoms with van der Waals surface area (Å²) in [5.74, 6) is 0. The fourth-order valence-electron chi connectivity index (χ4n) is 5.67. The maximum absolute atomic E-state index is 9.71. The smallest absolute Gasteiger partial charge is 0.102 e. The number of unbranched alkanes of at least 4 members (excludes halogenated alkanes) is 22. The van der Waals surface area contributed by atoms with Gasteiger partial charge in [0.2, 0.25) is 0 Å². The monoisotopic (exact) mass is 533 g/mol. The van der Waals surface area contributed by atoms with Crippen molar-refractivity contribution in [2.75, 3.05) is 39.4 Å². The van der Waals surface area contributed by atoms with Crippen molar-refractivity contribution in [2.24, 2.45) is 0 Å². The van der Waals surface area contributed by atoms with Crippen LogP contribution in [0.5, 0.6) is 0 Å². The van der Waals surface area contributed by atoms with Gasteiger partial charge in [-0.15, -0.1) is 0 Å². The lowest BCUT2D eigenvalue weighted by Crippen LogP contribution is -3.00. The largest absolute Gasteiger partial charge is 1.00 e. The zero-order valence-electron chi connectivity index (χ0n) is 24.9. The van der Waals surface area contributed by atoms with E-state index < -0.39 is 0 Å². The Morgan fingerprint density at radius 2 is 0.556 bits per heavy atom. The summed E-state index contributed by atoms with van der Waals surface area (Å²) < 4.78 is 0.933. The molecule has 0 unspecified atom stereocenters. The molecular weight excluding hydrogens is 466 g/mol. The van der Waals surface area contributed by atoms with Crippen LogP contribution in [0.25, 0.3) is 0 Å². The molecule has 0 saturated heterocycles. The molecule has 0 rings (SSSR count). The quantitative estimate of drug-likeness (QED) is 0.0852. The first-order chi connectivity index (χ1) is 17.2. The summed E-state index contributed by atoms with van der Waals surface area (Å²) in [5.41, 5.74) is 0. The standard InChI is InChI=1S/C32H68NO2.ClH/c1-3-5-7-9-11-13-15-17-19-21-23-25-27-33(29-31-34,30-32-35)28-26-24-22-20-18-16-14-12-10-8-6-4-2;/h34-35H,3-32H2,1-2H3;1H/q+1;/p-1. The SMILES string of the molecule is CCCCCCCCCCCCCC[N+](CCO)(CCO)CCCCCCCCCCCCCC.[Cl-]. The number of nitrogens with zero attached hydrogens (tertiary/aromatic N) is 1. The molecule has 0 saturated carbocycles. The van der Waals surface area contributed by atoms with Gasteiger partial charge >= 0.3 is 0 Å². The molecule has 2 N–H and O–H groups in total. The minimum Gasteiger partial charge on any atom is -1.00 e. The van der Waals surface area contributed by atoms with Gasteiger partial charge in [0.1, 0.15) is 13.1 Å². The molecule has 0 spiro atoms. The maximum atomic E-state index is 9.71. The maximum Gasteiger partial charge on any atom is 0.102 e. The first-order valence-corrected chi connectivity index (χ1v) is 16.3. The second-order valence-corrected chi connectivity index (χ2v) is 11.5. The molecule has 0 heterocycles. The van der Waals surface area contributed by atoms with Crippen molar-refractivity contribution < 1.29 is 27.1 Å². The first kappa shape index (κ1) is 38.3. The summed E-state index contributed by atoms with van der Waals surface area (Å²) in [5, 5.41) is 19.4. The average molecular weight is 534 g/mol. The summed E-state index contributed by atoms with van der Waals surface area (Å²) >= 11 is 0. The van der Waals surface area contributed by atoms with Crippen LogP contribution in [0.1, 0.15) is 168 Å². The molecular formula is C32H68ClNO2. The average Bonchev–Trinajstić information content (AvgIpc) is 2.85. The van der Waals surface area contributed by atoms with Crippen LogP contribution in [0.3, 0.4) is 0 Å². The molecule has 0 fully saturated rings. The van der Waals surface area contributed by atoms with Crippen LogP contribution < -0.4 is 12.4 Å². The van der Waals surface area contributed by atoms with Crippen molar-refractivity contribution in [1.82, 2.24) is 0 Å². The van der Waals surface area contributed by atoms with E-state index in [1.807, 2.05) is 0 Å². The first-order valence-electron chi connectivity index (χ1n) is 16.3. The summed E-state index contributed by atoms with van der Waals surface area (Å²) in [4.78, 5) is 0. The van der Waals surface area contributed by atoms with Crippen LogP contribution in [0.2, 0.25) is 0 Å². The summed E-state index contributed by atoms with van der Waals surface area (Å²) in [6, 6.07) is 0. The summed E-state index contributed by atoms with van der Waals surface area (Å²) in [7, 11) is 0. The van der Waals surface area contributed by atoms with Gasteiger partial charge in [-0.05, 0) is 25.7 Å². The van der Waals surface area contributed by atoms with Crippen LogP contribution in [0.15, 0.2) is 0 Å². The van der Waals surface area contributed by atoms with Gasteiger partial charge in [0, 0.05) is 0 Å². The Labute approximate surface area is 234 Å². The van der Waals surface area contributed by atoms with Crippen LogP contribution >= 0.6 is 0 Å². The van der Waals surface area contributed by atoms with E-state index in [2.05, 4.69) is 13.8 Å². The summed E-state index contributed by atoms with van der Waals surface area (Å²) in [6.45, 7) is 8.97. The third kappa shape index (κ3) is 25.8. The van der Waals surface area contributed by atoms with E-state index in [1.165, 1.54) is 154 Å². The topological polar surface area (TPSA) is 40.5 Å². The third-order valence-corrected chi connectivity index (χ3v) is 8.12. The van der Waals surface area contributed by atoms with Crippen LogP contribution in [0.4, 0.5) is 0 Å². The van der Waals surface area contributed by atoms with Crippen molar-refractivity contribution in [3.8, 4) is 0 Å². The number of halogens is 1. The second-order valence-electron chi connectivity index (χ2n) is 11.5. The van der Waals surface area contributed by atoms with Gasteiger partial charge in [0.05, 0.1) is 26.3 Å². The van der Waals surface area contributed by atoms with Crippen molar-refractivity contribution >= 4 is 0 Å². The van der Waals surface area contributed by atoms with Gasteiger partial charge in [-0.1, -0.05) is 142 Å². The molecule has 0 aliphatic rings. The number of quaternary nitrogens is 1. The molecule has 4 heteroatoms. The van der Waals surface area contributed by atoms with Crippen LogP contribution in [0, 0.1) is 0 Å². The highest BCUT2D eigenvalue weighted by Gasteiger charge is 2.25. The molecule has 220 valence electrons. The molecule has 0 aliphatic carbocycles. The van der Waals surface area contributed by atoms with Crippen molar-refractivity contribution in [3.63, 3.8) is 0 Å². The van der Waals surface area contributed by atoms with E-state index in [0.29, 0.717) is 0 Å². The van der Waals surface area contributed by atoms with Crippen LogP contribution in [-0.2, 0) is 0 Å². The number of rotatable bonds is 30. The minimum atomic E-state index is 0. The predicted octanol–water partition coefficient (Wildman–Crippen LogP) is 6.19. The Kier molecular flexibility index (Phi) is 33.4. The zero-order chi connectivity index (χ0) is 25.7. The fraction of sp³-hybridized carbons (Fsp3) is 1.00. The van der Waals surface area contributed by atoms with Gasteiger partial charge in [0.25, 0.3) is 0 Å². The Hall–Kier alpha value is 0.170. The number of aliphatic hydroxyl groups is 2. The molecule has 0 aromatic carbocycles. The Bertz CT molecular complexity index is 358. The minimum absolute atomic E-state index is 0. The van der Waals surface area contributed by atoms with E-state index in [9.17, 15) is 10.2 Å². The molecule has 0 aromatic rings. The van der Waals surface area contributed by atoms with E-state index in [1.54, 1.807) is 0 Å². The Morgan fingerprint density at radius 1 is 0.333 bits per heavy atom. The zero-order valence-corrected chi connectivity index (χ0v) is 25.7. The predicted molar refractivity (Wildman–Crippen MR) is 156 cm³/mol. The van der Waals surface area contributed by atoms with Crippen molar-refractivity contribution in [3.05, 3.63) is 0 Å². The van der Waals surface area contributed by atoms with E-state index in [0.717, 1.165) is 30.7 Å². The normalized spacial score (nSPS) is 11.7. The molecule has 36 heavy (non-hydrogen) atoms. The van der Waals surface area contributed by atoms with Gasteiger partial charge in [-0.2, -0.15) is 0 Å². The lowest BCUT2D eigenvalue weighted by molar-refractivity contribution is -0.929. The molecule has 0 radical (unpaired) electrons. The highest BCUT2D eigenvalue weighted by molar-refractivity contribution is 4.53. The van der Waals surface area contributed by atoms with Crippen LogP contribution in [-0.4, -0.2) is 54.1 Å². The highest BCUT2D eigenvalue weighted by Crippen LogP contribution is 2.17. The number of aliphatic hydroxyl groups excluding tert-OH is 2. The second kappa shape index (κ2) is 31.4. The number of hydrogen-bond donors (Lipinski definition) is 2. The molecule has 0 amide bonds. The van der Waals surface area contributed by atoms with E-state index in [4.69, 9.17) is 0 Å². The van der Waals surface area contributed by atoms with Crippen molar-refractivity contribution in [1.29, 1.82) is 0 Å². The Balaban J connectivity index is 0.